The number of thioether (sulfide) groups is 1. The highest BCUT2D eigenvalue weighted by molar-refractivity contribution is 7.99. The minimum absolute atomic E-state index is 0.378. The maximum Gasteiger partial charge on any atom is 0.0991 e. The van der Waals surface area contributed by atoms with E-state index in [0.717, 1.165) is 5.69 Å². The van der Waals surface area contributed by atoms with E-state index in [2.05, 4.69) is 55.3 Å². The van der Waals surface area contributed by atoms with Crippen LogP contribution in [0.3, 0.4) is 0 Å². The largest absolute Gasteiger partial charge is 0.308 e. The monoisotopic (exact) mass is 303 g/mol. The van der Waals surface area contributed by atoms with Crippen LogP contribution in [-0.2, 0) is 0 Å². The molecule has 21 heavy (non-hydrogen) atoms. The molecule has 1 aromatic heterocycles. The van der Waals surface area contributed by atoms with Gasteiger partial charge in [-0.25, -0.2) is 4.98 Å². The van der Waals surface area contributed by atoms with Crippen LogP contribution < -0.4 is 5.32 Å². The minimum Gasteiger partial charge on any atom is -0.308 e. The molecular formula is C17H25N3S. The van der Waals surface area contributed by atoms with Gasteiger partial charge in [0.1, 0.15) is 0 Å². The average molecular weight is 303 g/mol. The zero-order valence-corrected chi connectivity index (χ0v) is 13.9. The second-order valence-electron chi connectivity index (χ2n) is 5.34. The van der Waals surface area contributed by atoms with Crippen molar-refractivity contribution in [3.63, 3.8) is 0 Å². The Kier molecular flexibility index (Phi) is 6.33. The summed E-state index contributed by atoms with van der Waals surface area (Å²) in [6.07, 6.45) is 6.80. The van der Waals surface area contributed by atoms with Gasteiger partial charge in [-0.3, -0.25) is 0 Å². The van der Waals surface area contributed by atoms with Crippen molar-refractivity contribution in [2.24, 2.45) is 0 Å². The lowest BCUT2D eigenvalue weighted by Gasteiger charge is -2.20. The molecule has 1 N–H and O–H groups in total. The normalized spacial score (nSPS) is 14.0. The molecule has 0 amide bonds. The molecule has 4 heteroatoms. The molecule has 0 saturated heterocycles. The second-order valence-corrected chi connectivity index (χ2v) is 6.73. The molecule has 0 radical (unpaired) electrons. The molecule has 2 rings (SSSR count). The highest BCUT2D eigenvalue weighted by Gasteiger charge is 2.09. The van der Waals surface area contributed by atoms with Gasteiger partial charge in [0.25, 0.3) is 0 Å². The van der Waals surface area contributed by atoms with Crippen molar-refractivity contribution >= 4 is 11.8 Å². The lowest BCUT2D eigenvalue weighted by Crippen LogP contribution is -2.29. The Morgan fingerprint density at radius 3 is 2.62 bits per heavy atom. The number of nitrogens with one attached hydrogen (secondary N) is 1. The van der Waals surface area contributed by atoms with Gasteiger partial charge in [-0.15, -0.1) is 0 Å². The van der Waals surface area contributed by atoms with E-state index in [0.29, 0.717) is 12.1 Å². The summed E-state index contributed by atoms with van der Waals surface area (Å²) in [5, 5.41) is 3.68. The minimum atomic E-state index is 0.378. The maximum atomic E-state index is 4.08. The van der Waals surface area contributed by atoms with E-state index < -0.39 is 0 Å². The molecule has 114 valence electrons. The number of nitrogens with zero attached hydrogens (tertiary/aromatic N) is 2. The third-order valence-corrected chi connectivity index (χ3v) is 4.56. The Bertz CT molecular complexity index is 507. The zero-order valence-electron chi connectivity index (χ0n) is 13.1. The highest BCUT2D eigenvalue weighted by Crippen LogP contribution is 2.17. The number of rotatable bonds is 8. The van der Waals surface area contributed by atoms with Crippen molar-refractivity contribution in [1.82, 2.24) is 14.9 Å². The Hall–Kier alpha value is -1.26. The van der Waals surface area contributed by atoms with Crippen LogP contribution in [0.25, 0.3) is 5.69 Å². The predicted octanol–water partition coefficient (Wildman–Crippen LogP) is 4.05. The van der Waals surface area contributed by atoms with Crippen LogP contribution >= 0.6 is 11.8 Å². The molecule has 0 fully saturated rings. The summed E-state index contributed by atoms with van der Waals surface area (Å²) in [5.74, 6) is 2.44. The fraction of sp³-hybridized carbons (Fsp3) is 0.471. The summed E-state index contributed by atoms with van der Waals surface area (Å²) >= 11 is 2.01. The molecule has 0 aliphatic carbocycles. The van der Waals surface area contributed by atoms with E-state index in [1.54, 1.807) is 6.20 Å². The molecule has 1 heterocycles. The molecule has 0 aliphatic rings. The van der Waals surface area contributed by atoms with E-state index in [9.17, 15) is 0 Å². The first kappa shape index (κ1) is 16.1. The van der Waals surface area contributed by atoms with Gasteiger partial charge < -0.3 is 9.88 Å². The first-order valence-electron chi connectivity index (χ1n) is 7.62. The Morgan fingerprint density at radius 2 is 2.00 bits per heavy atom. The second kappa shape index (κ2) is 8.25. The summed E-state index contributed by atoms with van der Waals surface area (Å²) in [7, 11) is 0. The van der Waals surface area contributed by atoms with E-state index in [4.69, 9.17) is 0 Å². The topological polar surface area (TPSA) is 29.9 Å². The van der Waals surface area contributed by atoms with E-state index in [1.165, 1.54) is 23.5 Å². The summed E-state index contributed by atoms with van der Waals surface area (Å²) < 4.78 is 2.02. The SMILES string of the molecule is CCSCCC(C)NC(C)c1ccc(-n2ccnc2)cc1. The third-order valence-electron chi connectivity index (χ3n) is 3.63. The molecular weight excluding hydrogens is 278 g/mol. The van der Waals surface area contributed by atoms with Crippen LogP contribution in [0.5, 0.6) is 0 Å². The van der Waals surface area contributed by atoms with Crippen LogP contribution in [0.15, 0.2) is 43.0 Å². The van der Waals surface area contributed by atoms with Gasteiger partial charge in [0.2, 0.25) is 0 Å². The fourth-order valence-electron chi connectivity index (χ4n) is 2.36. The first-order valence-corrected chi connectivity index (χ1v) is 8.78. The summed E-state index contributed by atoms with van der Waals surface area (Å²) in [6, 6.07) is 9.61. The van der Waals surface area contributed by atoms with Crippen molar-refractivity contribution in [3.8, 4) is 5.69 Å². The zero-order chi connectivity index (χ0) is 15.1. The van der Waals surface area contributed by atoms with Gasteiger partial charge in [0.05, 0.1) is 6.33 Å². The van der Waals surface area contributed by atoms with Crippen LogP contribution in [0.1, 0.15) is 38.8 Å². The van der Waals surface area contributed by atoms with Crippen LogP contribution in [-0.4, -0.2) is 27.1 Å². The Morgan fingerprint density at radius 1 is 1.24 bits per heavy atom. The number of hydrogen-bond donors (Lipinski definition) is 1. The van der Waals surface area contributed by atoms with Gasteiger partial charge in [-0.05, 0) is 49.5 Å². The third kappa shape index (κ3) is 4.90. The van der Waals surface area contributed by atoms with E-state index in [-0.39, 0.29) is 0 Å². The maximum absolute atomic E-state index is 4.08. The lowest BCUT2D eigenvalue weighted by atomic mass is 10.1. The Labute approximate surface area is 132 Å². The number of imidazole rings is 1. The molecule has 1 aromatic carbocycles. The van der Waals surface area contributed by atoms with Gasteiger partial charge in [-0.1, -0.05) is 19.1 Å². The summed E-state index contributed by atoms with van der Waals surface area (Å²) in [5.41, 5.74) is 2.48. The molecule has 0 aliphatic heterocycles. The summed E-state index contributed by atoms with van der Waals surface area (Å²) in [6.45, 7) is 6.72. The molecule has 2 unspecified atom stereocenters. The molecule has 2 atom stereocenters. The summed E-state index contributed by atoms with van der Waals surface area (Å²) in [4.78, 5) is 4.08. The van der Waals surface area contributed by atoms with Crippen molar-refractivity contribution in [1.29, 1.82) is 0 Å². The van der Waals surface area contributed by atoms with Gasteiger partial charge >= 0.3 is 0 Å². The molecule has 0 saturated carbocycles. The van der Waals surface area contributed by atoms with Gasteiger partial charge in [0, 0.05) is 30.2 Å². The molecule has 0 bridgehead atoms. The molecule has 0 spiro atoms. The van der Waals surface area contributed by atoms with E-state index in [1.807, 2.05) is 28.9 Å². The van der Waals surface area contributed by atoms with Crippen LogP contribution in [0, 0.1) is 0 Å². The van der Waals surface area contributed by atoms with Gasteiger partial charge in [-0.2, -0.15) is 11.8 Å². The van der Waals surface area contributed by atoms with Crippen molar-refractivity contribution in [2.45, 2.75) is 39.3 Å². The predicted molar refractivity (Wildman–Crippen MR) is 92.2 cm³/mol. The number of benzene rings is 1. The Balaban J connectivity index is 1.89. The van der Waals surface area contributed by atoms with Crippen molar-refractivity contribution in [3.05, 3.63) is 48.5 Å². The smallest absolute Gasteiger partial charge is 0.0991 e. The highest BCUT2D eigenvalue weighted by atomic mass is 32.2. The quantitative estimate of drug-likeness (QED) is 0.746. The first-order chi connectivity index (χ1) is 10.2. The standard InChI is InChI=1S/C17H25N3S/c1-4-21-12-9-14(2)19-15(3)16-5-7-17(8-6-16)20-11-10-18-13-20/h5-8,10-11,13-15,19H,4,9,12H2,1-3H3. The number of hydrogen-bond acceptors (Lipinski definition) is 3. The number of aromatic nitrogens is 2. The van der Waals surface area contributed by atoms with E-state index >= 15 is 0 Å². The molecule has 3 nitrogen and oxygen atoms in total. The molecule has 2 aromatic rings. The van der Waals surface area contributed by atoms with Crippen LogP contribution in [0.4, 0.5) is 0 Å². The average Bonchev–Trinajstić information content (AvgIpc) is 3.02. The van der Waals surface area contributed by atoms with Crippen molar-refractivity contribution < 1.29 is 0 Å². The lowest BCUT2D eigenvalue weighted by molar-refractivity contribution is 0.471. The fourth-order valence-corrected chi connectivity index (χ4v) is 3.17. The van der Waals surface area contributed by atoms with Crippen molar-refractivity contribution in [2.75, 3.05) is 11.5 Å². The van der Waals surface area contributed by atoms with Gasteiger partial charge in [0.15, 0.2) is 0 Å². The van der Waals surface area contributed by atoms with Crippen LogP contribution in [0.2, 0.25) is 0 Å².